The van der Waals surface area contributed by atoms with Crippen molar-refractivity contribution in [3.8, 4) is 0 Å². The molecule has 0 saturated carbocycles. The highest BCUT2D eigenvalue weighted by Crippen LogP contribution is 2.10. The van der Waals surface area contributed by atoms with E-state index in [1.165, 1.54) is 5.56 Å². The third kappa shape index (κ3) is 4.00. The number of carbonyl (C=O) groups excluding carboxylic acids is 2. The molecule has 0 radical (unpaired) electrons. The topological polar surface area (TPSA) is 37.4 Å². The molecule has 3 heteroatoms. The van der Waals surface area contributed by atoms with Crippen LogP contribution in [0, 0.1) is 0 Å². The van der Waals surface area contributed by atoms with Gasteiger partial charge in [0, 0.05) is 44.5 Å². The summed E-state index contributed by atoms with van der Waals surface area (Å²) in [5.74, 6) is 0.539. The molecule has 19 heavy (non-hydrogen) atoms. The summed E-state index contributed by atoms with van der Waals surface area (Å²) in [6, 6.07) is 7.88. The number of Topliss-reactive ketones (excluding diaryl/α,β-unsaturated/α-hetero) is 2. The minimum absolute atomic E-state index is 0.194. The molecule has 0 unspecified atom stereocenters. The lowest BCUT2D eigenvalue weighted by molar-refractivity contribution is -0.121. The number of carbonyl (C=O) groups is 2. The summed E-state index contributed by atoms with van der Waals surface area (Å²) in [5, 5.41) is 0. The van der Waals surface area contributed by atoms with Gasteiger partial charge in [-0.05, 0) is 12.0 Å². The van der Waals surface area contributed by atoms with E-state index in [0.29, 0.717) is 25.0 Å². The van der Waals surface area contributed by atoms with Gasteiger partial charge in [0.25, 0.3) is 0 Å². The predicted octanol–water partition coefficient (Wildman–Crippen LogP) is 2.49. The van der Waals surface area contributed by atoms with Crippen molar-refractivity contribution < 1.29 is 9.59 Å². The second-order valence-corrected chi connectivity index (χ2v) is 5.10. The first kappa shape index (κ1) is 13.9. The van der Waals surface area contributed by atoms with Crippen molar-refractivity contribution in [1.82, 2.24) is 4.90 Å². The highest BCUT2D eigenvalue weighted by Gasteiger charge is 2.16. The Morgan fingerprint density at radius 2 is 1.79 bits per heavy atom. The van der Waals surface area contributed by atoms with E-state index >= 15 is 0 Å². The van der Waals surface area contributed by atoms with Gasteiger partial charge in [0.05, 0.1) is 0 Å². The molecule has 0 spiro atoms. The fourth-order valence-corrected chi connectivity index (χ4v) is 2.36. The average Bonchev–Trinajstić information content (AvgIpc) is 2.46. The Hall–Kier alpha value is -1.48. The van der Waals surface area contributed by atoms with Crippen molar-refractivity contribution in [3.63, 3.8) is 0 Å². The molecular weight excluding hydrogens is 238 g/mol. The molecular formula is C16H21NO2. The van der Waals surface area contributed by atoms with Crippen LogP contribution in [0.2, 0.25) is 0 Å². The van der Waals surface area contributed by atoms with Crippen LogP contribution in [-0.4, -0.2) is 36.1 Å². The van der Waals surface area contributed by atoms with Crippen molar-refractivity contribution in [3.05, 3.63) is 35.4 Å². The van der Waals surface area contributed by atoms with E-state index in [9.17, 15) is 9.59 Å². The van der Waals surface area contributed by atoms with Gasteiger partial charge in [-0.25, -0.2) is 0 Å². The Labute approximate surface area is 114 Å². The first-order valence-electron chi connectivity index (χ1n) is 7.05. The molecule has 1 aliphatic heterocycles. The second kappa shape index (κ2) is 6.62. The SMILES string of the molecule is CCc1ccc(C(=O)CCN2CCC(=O)CC2)cc1. The minimum Gasteiger partial charge on any atom is -0.302 e. The highest BCUT2D eigenvalue weighted by atomic mass is 16.1. The van der Waals surface area contributed by atoms with Gasteiger partial charge in [0.1, 0.15) is 5.78 Å². The van der Waals surface area contributed by atoms with E-state index in [0.717, 1.165) is 31.6 Å². The quantitative estimate of drug-likeness (QED) is 0.762. The van der Waals surface area contributed by atoms with Crippen molar-refractivity contribution in [2.45, 2.75) is 32.6 Å². The van der Waals surface area contributed by atoms with Crippen LogP contribution in [0.4, 0.5) is 0 Å². The number of benzene rings is 1. The average molecular weight is 259 g/mol. The zero-order chi connectivity index (χ0) is 13.7. The first-order chi connectivity index (χ1) is 9.19. The molecule has 1 saturated heterocycles. The summed E-state index contributed by atoms with van der Waals surface area (Å²) in [7, 11) is 0. The van der Waals surface area contributed by atoms with Gasteiger partial charge in [-0.2, -0.15) is 0 Å². The Balaban J connectivity index is 1.81. The summed E-state index contributed by atoms with van der Waals surface area (Å²) in [5.41, 5.74) is 2.05. The maximum Gasteiger partial charge on any atom is 0.164 e. The molecule has 1 aromatic carbocycles. The van der Waals surface area contributed by atoms with Crippen LogP contribution in [-0.2, 0) is 11.2 Å². The van der Waals surface area contributed by atoms with Crippen LogP contribution >= 0.6 is 0 Å². The lowest BCUT2D eigenvalue weighted by Crippen LogP contribution is -2.35. The van der Waals surface area contributed by atoms with E-state index in [1.54, 1.807) is 0 Å². The number of ketones is 2. The Morgan fingerprint density at radius 3 is 2.37 bits per heavy atom. The highest BCUT2D eigenvalue weighted by molar-refractivity contribution is 5.96. The van der Waals surface area contributed by atoms with Crippen molar-refractivity contribution >= 4 is 11.6 Å². The number of aryl methyl sites for hydroxylation is 1. The number of rotatable bonds is 5. The Kier molecular flexibility index (Phi) is 4.86. The first-order valence-corrected chi connectivity index (χ1v) is 7.05. The van der Waals surface area contributed by atoms with Crippen LogP contribution in [0.5, 0.6) is 0 Å². The summed E-state index contributed by atoms with van der Waals surface area (Å²) >= 11 is 0. The number of nitrogens with zero attached hydrogens (tertiary/aromatic N) is 1. The molecule has 1 aliphatic rings. The van der Waals surface area contributed by atoms with Crippen molar-refractivity contribution in [1.29, 1.82) is 0 Å². The van der Waals surface area contributed by atoms with Crippen LogP contribution in [0.3, 0.4) is 0 Å². The normalized spacial score (nSPS) is 16.6. The number of likely N-dealkylation sites (tertiary alicyclic amines) is 1. The fourth-order valence-electron chi connectivity index (χ4n) is 2.36. The summed E-state index contributed by atoms with van der Waals surface area (Å²) in [6.07, 6.45) is 2.81. The minimum atomic E-state index is 0.194. The Morgan fingerprint density at radius 1 is 1.16 bits per heavy atom. The zero-order valence-corrected chi connectivity index (χ0v) is 11.5. The van der Waals surface area contributed by atoms with E-state index in [2.05, 4.69) is 11.8 Å². The van der Waals surface area contributed by atoms with E-state index < -0.39 is 0 Å². The van der Waals surface area contributed by atoms with Gasteiger partial charge in [-0.1, -0.05) is 31.2 Å². The predicted molar refractivity (Wildman–Crippen MR) is 75.4 cm³/mol. The number of hydrogen-bond donors (Lipinski definition) is 0. The van der Waals surface area contributed by atoms with Gasteiger partial charge < -0.3 is 4.90 Å². The largest absolute Gasteiger partial charge is 0.302 e. The molecule has 1 fully saturated rings. The zero-order valence-electron chi connectivity index (χ0n) is 11.5. The molecule has 102 valence electrons. The van der Waals surface area contributed by atoms with Crippen LogP contribution in [0.15, 0.2) is 24.3 Å². The lowest BCUT2D eigenvalue weighted by Gasteiger charge is -2.25. The molecule has 1 heterocycles. The molecule has 0 aliphatic carbocycles. The molecule has 0 atom stereocenters. The van der Waals surface area contributed by atoms with Crippen LogP contribution in [0.1, 0.15) is 42.1 Å². The monoisotopic (exact) mass is 259 g/mol. The van der Waals surface area contributed by atoms with Gasteiger partial charge >= 0.3 is 0 Å². The van der Waals surface area contributed by atoms with E-state index in [1.807, 2.05) is 24.3 Å². The van der Waals surface area contributed by atoms with E-state index in [4.69, 9.17) is 0 Å². The Bertz CT molecular complexity index is 440. The maximum atomic E-state index is 12.1. The molecule has 0 amide bonds. The van der Waals surface area contributed by atoms with Crippen LogP contribution in [0.25, 0.3) is 0 Å². The lowest BCUT2D eigenvalue weighted by atomic mass is 10.0. The summed E-state index contributed by atoms with van der Waals surface area (Å²) in [6.45, 7) is 4.48. The fraction of sp³-hybridized carbons (Fsp3) is 0.500. The molecule has 1 aromatic rings. The molecule has 0 bridgehead atoms. The molecule has 2 rings (SSSR count). The smallest absolute Gasteiger partial charge is 0.164 e. The number of hydrogen-bond acceptors (Lipinski definition) is 3. The third-order valence-electron chi connectivity index (χ3n) is 3.75. The molecule has 0 N–H and O–H groups in total. The van der Waals surface area contributed by atoms with Gasteiger partial charge in [0.2, 0.25) is 0 Å². The maximum absolute atomic E-state index is 12.1. The van der Waals surface area contributed by atoms with Crippen LogP contribution < -0.4 is 0 Å². The van der Waals surface area contributed by atoms with Gasteiger partial charge in [-0.15, -0.1) is 0 Å². The summed E-state index contributed by atoms with van der Waals surface area (Å²) < 4.78 is 0. The van der Waals surface area contributed by atoms with Gasteiger partial charge in [0.15, 0.2) is 5.78 Å². The standard InChI is InChI=1S/C16H21NO2/c1-2-13-3-5-14(6-4-13)16(19)9-12-17-10-7-15(18)8-11-17/h3-6H,2,7-12H2,1H3. The molecule has 3 nitrogen and oxygen atoms in total. The van der Waals surface area contributed by atoms with Gasteiger partial charge in [-0.3, -0.25) is 9.59 Å². The number of piperidine rings is 1. The van der Waals surface area contributed by atoms with Crippen molar-refractivity contribution in [2.75, 3.05) is 19.6 Å². The van der Waals surface area contributed by atoms with Crippen molar-refractivity contribution in [2.24, 2.45) is 0 Å². The third-order valence-corrected chi connectivity index (χ3v) is 3.75. The second-order valence-electron chi connectivity index (χ2n) is 5.10. The molecule has 0 aromatic heterocycles. The van der Waals surface area contributed by atoms with E-state index in [-0.39, 0.29) is 5.78 Å². The summed E-state index contributed by atoms with van der Waals surface area (Å²) in [4.78, 5) is 25.4.